The molecule has 2 aliphatic carbocycles. The highest BCUT2D eigenvalue weighted by molar-refractivity contribution is 6.30. The van der Waals surface area contributed by atoms with Gasteiger partial charge in [0.15, 0.2) is 0 Å². The van der Waals surface area contributed by atoms with Crippen molar-refractivity contribution in [3.05, 3.63) is 59.1 Å². The van der Waals surface area contributed by atoms with Gasteiger partial charge in [0.2, 0.25) is 0 Å². The van der Waals surface area contributed by atoms with Crippen molar-refractivity contribution < 1.29 is 0 Å². The number of rotatable bonds is 10. The molecule has 180 valence electrons. The minimum absolute atomic E-state index is 0.767. The summed E-state index contributed by atoms with van der Waals surface area (Å²) in [6, 6.07) is 17.5. The molecule has 2 saturated carbocycles. The average molecular weight is 465 g/mol. The molecule has 0 saturated heterocycles. The molecule has 4 rings (SSSR count). The molecule has 1 heteroatoms. The Morgan fingerprint density at radius 2 is 1.06 bits per heavy atom. The Hall–Kier alpha value is -1.27. The lowest BCUT2D eigenvalue weighted by molar-refractivity contribution is 0.222. The third kappa shape index (κ3) is 7.61. The third-order valence-electron chi connectivity index (χ3n) is 8.82. The Bertz CT molecular complexity index is 789. The molecular weight excluding hydrogens is 420 g/mol. The SMILES string of the molecule is CCCCCC[C@H]1CC[C@H](CC[C@H]2CC[C@H](c3ccc(-c4ccc(Cl)cc4)cc3)CC2)CC1. The van der Waals surface area contributed by atoms with Gasteiger partial charge in [-0.1, -0.05) is 126 Å². The Balaban J connectivity index is 1.14. The summed E-state index contributed by atoms with van der Waals surface area (Å²) in [5.41, 5.74) is 4.09. The fourth-order valence-corrected chi connectivity index (χ4v) is 6.64. The molecule has 2 aliphatic rings. The summed E-state index contributed by atoms with van der Waals surface area (Å²) >= 11 is 6.04. The quantitative estimate of drug-likeness (QED) is 0.306. The summed E-state index contributed by atoms with van der Waals surface area (Å²) in [6.07, 6.45) is 22.0. The van der Waals surface area contributed by atoms with Gasteiger partial charge >= 0.3 is 0 Å². The van der Waals surface area contributed by atoms with E-state index in [0.717, 1.165) is 28.7 Å². The van der Waals surface area contributed by atoms with Crippen molar-refractivity contribution in [1.82, 2.24) is 0 Å². The van der Waals surface area contributed by atoms with Crippen LogP contribution in [0.4, 0.5) is 0 Å². The van der Waals surface area contributed by atoms with Gasteiger partial charge in [-0.15, -0.1) is 0 Å². The van der Waals surface area contributed by atoms with E-state index in [4.69, 9.17) is 11.6 Å². The van der Waals surface area contributed by atoms with Crippen LogP contribution >= 0.6 is 11.6 Å². The predicted molar refractivity (Wildman–Crippen MR) is 145 cm³/mol. The number of benzene rings is 2. The fraction of sp³-hybridized carbons (Fsp3) is 0.625. The van der Waals surface area contributed by atoms with Crippen molar-refractivity contribution in [2.24, 2.45) is 17.8 Å². The van der Waals surface area contributed by atoms with Crippen LogP contribution in [-0.4, -0.2) is 0 Å². The smallest absolute Gasteiger partial charge is 0.0406 e. The van der Waals surface area contributed by atoms with Crippen LogP contribution in [0.2, 0.25) is 5.02 Å². The van der Waals surface area contributed by atoms with E-state index in [1.54, 1.807) is 5.56 Å². The van der Waals surface area contributed by atoms with Crippen LogP contribution in [0.25, 0.3) is 11.1 Å². The number of hydrogen-bond acceptors (Lipinski definition) is 0. The molecule has 0 N–H and O–H groups in total. The molecule has 0 aliphatic heterocycles. The van der Waals surface area contributed by atoms with Gasteiger partial charge in [0, 0.05) is 5.02 Å². The van der Waals surface area contributed by atoms with Crippen LogP contribution in [0.1, 0.15) is 115 Å². The van der Waals surface area contributed by atoms with Crippen LogP contribution in [0.15, 0.2) is 48.5 Å². The molecule has 0 aromatic heterocycles. The average Bonchev–Trinajstić information content (AvgIpc) is 2.87. The number of halogens is 1. The van der Waals surface area contributed by atoms with Gasteiger partial charge < -0.3 is 0 Å². The molecule has 0 amide bonds. The molecule has 2 aromatic rings. The topological polar surface area (TPSA) is 0 Å². The number of unbranched alkanes of at least 4 members (excludes halogenated alkanes) is 3. The van der Waals surface area contributed by atoms with E-state index in [9.17, 15) is 0 Å². The van der Waals surface area contributed by atoms with Gasteiger partial charge in [-0.2, -0.15) is 0 Å². The number of hydrogen-bond donors (Lipinski definition) is 0. The monoisotopic (exact) mass is 464 g/mol. The molecule has 33 heavy (non-hydrogen) atoms. The first-order valence-corrected chi connectivity index (χ1v) is 14.4. The summed E-state index contributed by atoms with van der Waals surface area (Å²) in [6.45, 7) is 2.32. The molecule has 0 bridgehead atoms. The van der Waals surface area contributed by atoms with Crippen LogP contribution in [0.3, 0.4) is 0 Å². The maximum atomic E-state index is 6.04. The first-order chi connectivity index (χ1) is 16.2. The van der Waals surface area contributed by atoms with E-state index in [1.165, 1.54) is 107 Å². The van der Waals surface area contributed by atoms with Crippen molar-refractivity contribution in [3.63, 3.8) is 0 Å². The molecule has 0 spiro atoms. The summed E-state index contributed by atoms with van der Waals surface area (Å²) in [4.78, 5) is 0. The zero-order valence-corrected chi connectivity index (χ0v) is 21.7. The van der Waals surface area contributed by atoms with E-state index >= 15 is 0 Å². The van der Waals surface area contributed by atoms with Gasteiger partial charge in [0.05, 0.1) is 0 Å². The Labute approximate surface area is 208 Å². The second-order valence-corrected chi connectivity index (χ2v) is 11.6. The normalized spacial score (nSPS) is 25.8. The maximum Gasteiger partial charge on any atom is 0.0406 e. The Morgan fingerprint density at radius 3 is 1.61 bits per heavy atom. The lowest BCUT2D eigenvalue weighted by atomic mass is 9.74. The lowest BCUT2D eigenvalue weighted by Crippen LogP contribution is -2.17. The largest absolute Gasteiger partial charge is 0.0843 e. The first-order valence-electron chi connectivity index (χ1n) is 14.1. The first kappa shape index (κ1) is 24.8. The minimum Gasteiger partial charge on any atom is -0.0843 e. The van der Waals surface area contributed by atoms with E-state index in [2.05, 4.69) is 43.3 Å². The summed E-state index contributed by atoms with van der Waals surface area (Å²) < 4.78 is 0. The van der Waals surface area contributed by atoms with Gasteiger partial charge in [-0.05, 0) is 78.2 Å². The molecule has 0 heterocycles. The van der Waals surface area contributed by atoms with Crippen LogP contribution in [0, 0.1) is 17.8 Å². The maximum absolute atomic E-state index is 6.04. The van der Waals surface area contributed by atoms with Crippen LogP contribution in [-0.2, 0) is 0 Å². The third-order valence-corrected chi connectivity index (χ3v) is 9.07. The van der Waals surface area contributed by atoms with Gasteiger partial charge in [0.1, 0.15) is 0 Å². The van der Waals surface area contributed by atoms with Crippen molar-refractivity contribution in [2.75, 3.05) is 0 Å². The van der Waals surface area contributed by atoms with Crippen LogP contribution in [0.5, 0.6) is 0 Å². The van der Waals surface area contributed by atoms with Crippen molar-refractivity contribution >= 4 is 11.6 Å². The van der Waals surface area contributed by atoms with Crippen molar-refractivity contribution in [3.8, 4) is 11.1 Å². The zero-order valence-electron chi connectivity index (χ0n) is 20.9. The van der Waals surface area contributed by atoms with E-state index < -0.39 is 0 Å². The highest BCUT2D eigenvalue weighted by Gasteiger charge is 2.25. The molecule has 0 atom stereocenters. The van der Waals surface area contributed by atoms with E-state index in [0.29, 0.717) is 0 Å². The Kier molecular flexibility index (Phi) is 9.78. The van der Waals surface area contributed by atoms with Crippen molar-refractivity contribution in [1.29, 1.82) is 0 Å². The van der Waals surface area contributed by atoms with E-state index in [1.807, 2.05) is 12.1 Å². The van der Waals surface area contributed by atoms with Gasteiger partial charge in [-0.3, -0.25) is 0 Å². The highest BCUT2D eigenvalue weighted by Crippen LogP contribution is 2.40. The summed E-state index contributed by atoms with van der Waals surface area (Å²) in [5.74, 6) is 3.85. The van der Waals surface area contributed by atoms with Gasteiger partial charge in [0.25, 0.3) is 0 Å². The van der Waals surface area contributed by atoms with Crippen molar-refractivity contribution in [2.45, 2.75) is 109 Å². The standard InChI is InChI=1S/C32H45Cl/c1-2-3-4-5-6-25-7-9-26(10-8-25)11-12-27-13-15-28(16-14-27)29-17-19-30(20-18-29)31-21-23-32(33)24-22-31/h17-28H,2-16H2,1H3/t25-,26-,27-,28-. The molecule has 0 unspecified atom stereocenters. The molecule has 0 radical (unpaired) electrons. The second-order valence-electron chi connectivity index (χ2n) is 11.2. The van der Waals surface area contributed by atoms with Crippen LogP contribution < -0.4 is 0 Å². The van der Waals surface area contributed by atoms with E-state index in [-0.39, 0.29) is 0 Å². The summed E-state index contributed by atoms with van der Waals surface area (Å²) in [7, 11) is 0. The predicted octanol–water partition coefficient (Wildman–Crippen LogP) is 10.8. The fourth-order valence-electron chi connectivity index (χ4n) is 6.51. The molecule has 2 fully saturated rings. The Morgan fingerprint density at radius 1 is 0.576 bits per heavy atom. The minimum atomic E-state index is 0.767. The summed E-state index contributed by atoms with van der Waals surface area (Å²) in [5, 5.41) is 0.803. The zero-order chi connectivity index (χ0) is 22.9. The van der Waals surface area contributed by atoms with Gasteiger partial charge in [-0.25, -0.2) is 0 Å². The molecular formula is C32H45Cl. The molecule has 2 aromatic carbocycles. The molecule has 0 nitrogen and oxygen atoms in total. The second kappa shape index (κ2) is 13.0. The highest BCUT2D eigenvalue weighted by atomic mass is 35.5. The lowest BCUT2D eigenvalue weighted by Gasteiger charge is -2.32.